The molecular weight excluding hydrogens is 385 g/mol. The quantitative estimate of drug-likeness (QED) is 0.827. The molecule has 2 aromatic rings. The van der Waals surface area contributed by atoms with Gasteiger partial charge in [-0.15, -0.1) is 0 Å². The minimum Gasteiger partial charge on any atom is -0.371 e. The fourth-order valence-electron chi connectivity index (χ4n) is 3.00. The largest absolute Gasteiger partial charge is 0.371 e. The number of nitrogens with one attached hydrogen (secondary N) is 1. The summed E-state index contributed by atoms with van der Waals surface area (Å²) in [5.41, 5.74) is 1.98. The molecule has 1 saturated heterocycles. The van der Waals surface area contributed by atoms with E-state index in [1.54, 1.807) is 18.2 Å². The molecule has 0 aliphatic carbocycles. The lowest BCUT2D eigenvalue weighted by Gasteiger charge is -2.36. The van der Waals surface area contributed by atoms with Crippen LogP contribution in [-0.2, 0) is 9.53 Å². The van der Waals surface area contributed by atoms with Gasteiger partial charge in [-0.25, -0.2) is 0 Å². The molecule has 2 aromatic carbocycles. The summed E-state index contributed by atoms with van der Waals surface area (Å²) < 4.78 is 5.86. The summed E-state index contributed by atoms with van der Waals surface area (Å²) in [6, 6.07) is 14.1. The van der Waals surface area contributed by atoms with E-state index < -0.39 is 0 Å². The number of hydrogen-bond acceptors (Lipinski definition) is 4. The van der Waals surface area contributed by atoms with Crippen molar-refractivity contribution in [3.63, 3.8) is 0 Å². The van der Waals surface area contributed by atoms with Crippen LogP contribution in [0.15, 0.2) is 42.5 Å². The Labute approximate surface area is 168 Å². The molecule has 0 aromatic heterocycles. The molecule has 27 heavy (non-hydrogen) atoms. The van der Waals surface area contributed by atoms with Gasteiger partial charge in [0.1, 0.15) is 6.07 Å². The lowest BCUT2D eigenvalue weighted by Crippen LogP contribution is -2.48. The van der Waals surface area contributed by atoms with Gasteiger partial charge in [0, 0.05) is 23.8 Å². The molecule has 1 heterocycles. The molecule has 1 N–H and O–H groups in total. The normalized spacial score (nSPS) is 18.5. The van der Waals surface area contributed by atoms with Gasteiger partial charge >= 0.3 is 0 Å². The first kappa shape index (κ1) is 19.7. The van der Waals surface area contributed by atoms with Gasteiger partial charge in [-0.3, -0.25) is 9.69 Å². The maximum atomic E-state index is 12.6. The van der Waals surface area contributed by atoms with Crippen molar-refractivity contribution in [1.82, 2.24) is 4.90 Å². The molecule has 0 radical (unpaired) electrons. The summed E-state index contributed by atoms with van der Waals surface area (Å²) in [6.45, 7) is 3.70. The minimum atomic E-state index is -0.335. The Balaban J connectivity index is 1.64. The van der Waals surface area contributed by atoms with Gasteiger partial charge in [0.15, 0.2) is 0 Å². The van der Waals surface area contributed by atoms with Crippen molar-refractivity contribution in [2.24, 2.45) is 0 Å². The number of halogens is 2. The predicted octanol–water partition coefficient (Wildman–Crippen LogP) is 4.27. The van der Waals surface area contributed by atoms with Crippen LogP contribution < -0.4 is 5.32 Å². The summed E-state index contributed by atoms with van der Waals surface area (Å²) in [5.74, 6) is -0.132. The van der Waals surface area contributed by atoms with Gasteiger partial charge < -0.3 is 10.1 Å². The highest BCUT2D eigenvalue weighted by molar-refractivity contribution is 6.32. The Bertz CT molecular complexity index is 865. The smallest absolute Gasteiger partial charge is 0.241 e. The molecular formula is C20H19Cl2N3O2. The molecule has 0 unspecified atom stereocenters. The van der Waals surface area contributed by atoms with Crippen LogP contribution in [0.3, 0.4) is 0 Å². The van der Waals surface area contributed by atoms with E-state index in [0.717, 1.165) is 5.56 Å². The van der Waals surface area contributed by atoms with Crippen LogP contribution in [0, 0.1) is 11.3 Å². The third-order valence-corrected chi connectivity index (χ3v) is 5.19. The minimum absolute atomic E-state index is 0.101. The fourth-order valence-corrected chi connectivity index (χ4v) is 3.34. The molecule has 1 aliphatic heterocycles. The van der Waals surface area contributed by atoms with Gasteiger partial charge in [0.2, 0.25) is 5.91 Å². The summed E-state index contributed by atoms with van der Waals surface area (Å²) in [5, 5.41) is 12.8. The number of ether oxygens (including phenoxy) is 1. The Hall–Kier alpha value is -2.10. The molecule has 0 saturated carbocycles. The van der Waals surface area contributed by atoms with E-state index in [1.165, 1.54) is 0 Å². The Morgan fingerprint density at radius 3 is 2.70 bits per heavy atom. The zero-order valence-electron chi connectivity index (χ0n) is 14.8. The number of carbonyl (C=O) groups is 1. The lowest BCUT2D eigenvalue weighted by molar-refractivity contribution is -0.124. The van der Waals surface area contributed by atoms with Crippen LogP contribution in [0.5, 0.6) is 0 Å². The van der Waals surface area contributed by atoms with Gasteiger partial charge in [0.25, 0.3) is 0 Å². The standard InChI is InChI=1S/C20H19Cl2N3O2/c1-13(20(26)24-17-7-4-15(11-23)18(22)10-17)25-8-9-27-19(12-25)14-2-5-16(21)6-3-14/h2-7,10,13,19H,8-9,12H2,1H3,(H,24,26)/t13-,19-/m0/s1. The fraction of sp³-hybridized carbons (Fsp3) is 0.300. The van der Waals surface area contributed by atoms with E-state index in [4.69, 9.17) is 33.2 Å². The highest BCUT2D eigenvalue weighted by Crippen LogP contribution is 2.25. The van der Waals surface area contributed by atoms with Crippen molar-refractivity contribution < 1.29 is 9.53 Å². The third-order valence-electron chi connectivity index (χ3n) is 4.62. The van der Waals surface area contributed by atoms with Crippen LogP contribution in [0.25, 0.3) is 0 Å². The zero-order chi connectivity index (χ0) is 19.4. The van der Waals surface area contributed by atoms with Crippen LogP contribution in [0.2, 0.25) is 10.0 Å². The summed E-state index contributed by atoms with van der Waals surface area (Å²) in [4.78, 5) is 14.7. The zero-order valence-corrected chi connectivity index (χ0v) is 16.3. The molecule has 5 nitrogen and oxygen atoms in total. The molecule has 1 aliphatic rings. The molecule has 2 atom stereocenters. The second-order valence-corrected chi connectivity index (χ2v) is 7.22. The van der Waals surface area contributed by atoms with Crippen molar-refractivity contribution in [2.75, 3.05) is 25.0 Å². The van der Waals surface area contributed by atoms with Crippen molar-refractivity contribution in [2.45, 2.75) is 19.1 Å². The first-order valence-electron chi connectivity index (χ1n) is 8.59. The third kappa shape index (κ3) is 4.79. The van der Waals surface area contributed by atoms with Crippen LogP contribution >= 0.6 is 23.2 Å². The van der Waals surface area contributed by atoms with Crippen LogP contribution in [0.1, 0.15) is 24.2 Å². The van der Waals surface area contributed by atoms with Crippen LogP contribution in [0.4, 0.5) is 5.69 Å². The topological polar surface area (TPSA) is 65.4 Å². The van der Waals surface area contributed by atoms with E-state index in [1.807, 2.05) is 37.3 Å². The van der Waals surface area contributed by atoms with E-state index in [2.05, 4.69) is 10.2 Å². The monoisotopic (exact) mass is 403 g/mol. The molecule has 3 rings (SSSR count). The summed E-state index contributed by atoms with van der Waals surface area (Å²) >= 11 is 12.0. The number of anilines is 1. The number of nitriles is 1. The van der Waals surface area contributed by atoms with Crippen molar-refractivity contribution in [3.05, 3.63) is 63.6 Å². The first-order chi connectivity index (χ1) is 13.0. The molecule has 7 heteroatoms. The predicted molar refractivity (Wildman–Crippen MR) is 106 cm³/mol. The number of benzene rings is 2. The molecule has 1 fully saturated rings. The number of amides is 1. The van der Waals surface area contributed by atoms with Gasteiger partial charge in [-0.05, 0) is 42.8 Å². The van der Waals surface area contributed by atoms with Crippen LogP contribution in [-0.4, -0.2) is 36.5 Å². The highest BCUT2D eigenvalue weighted by Gasteiger charge is 2.28. The number of rotatable bonds is 4. The average Bonchev–Trinajstić information content (AvgIpc) is 2.68. The lowest BCUT2D eigenvalue weighted by atomic mass is 10.1. The molecule has 0 spiro atoms. The second kappa shape index (κ2) is 8.73. The Kier molecular flexibility index (Phi) is 6.35. The van der Waals surface area contributed by atoms with E-state index in [9.17, 15) is 4.79 Å². The average molecular weight is 404 g/mol. The Morgan fingerprint density at radius 2 is 2.04 bits per heavy atom. The van der Waals surface area contributed by atoms with E-state index in [-0.39, 0.29) is 18.1 Å². The van der Waals surface area contributed by atoms with Crippen molar-refractivity contribution in [1.29, 1.82) is 5.26 Å². The van der Waals surface area contributed by atoms with Gasteiger partial charge in [-0.2, -0.15) is 5.26 Å². The second-order valence-electron chi connectivity index (χ2n) is 6.38. The summed E-state index contributed by atoms with van der Waals surface area (Å²) in [6.07, 6.45) is -0.101. The van der Waals surface area contributed by atoms with Crippen molar-refractivity contribution in [3.8, 4) is 6.07 Å². The maximum absolute atomic E-state index is 12.6. The van der Waals surface area contributed by atoms with Crippen molar-refractivity contribution >= 4 is 34.8 Å². The highest BCUT2D eigenvalue weighted by atomic mass is 35.5. The number of nitrogens with zero attached hydrogens (tertiary/aromatic N) is 2. The van der Waals surface area contributed by atoms with E-state index in [0.29, 0.717) is 41.0 Å². The molecule has 140 valence electrons. The molecule has 1 amide bonds. The SMILES string of the molecule is C[C@@H](C(=O)Nc1ccc(C#N)c(Cl)c1)N1CCO[C@H](c2ccc(Cl)cc2)C1. The first-order valence-corrected chi connectivity index (χ1v) is 9.35. The van der Waals surface area contributed by atoms with E-state index >= 15 is 0 Å². The Morgan fingerprint density at radius 1 is 1.30 bits per heavy atom. The number of hydrogen-bond donors (Lipinski definition) is 1. The summed E-state index contributed by atoms with van der Waals surface area (Å²) in [7, 11) is 0. The van der Waals surface area contributed by atoms with Gasteiger partial charge in [0.05, 0.1) is 29.3 Å². The number of morpholine rings is 1. The molecule has 0 bridgehead atoms. The van der Waals surface area contributed by atoms with Gasteiger partial charge in [-0.1, -0.05) is 35.3 Å². The maximum Gasteiger partial charge on any atom is 0.241 e. The number of carbonyl (C=O) groups excluding carboxylic acids is 1.